The standard InChI is InChI=1S/C38H46N4O11S/c1-37(2,3)53-36(47)39-30-23-50-18-9-5-6-12-25-21-38(25,35(46)41-54(48,49)29-16-17-29)40-32(43)31-20-28(22-42(31)33(30)44)52-34(45)24-11-10-15-27(19-24)51-26-13-7-4-8-14-26/h4,6-8,10-15,19,25,28-31H,5,9,16-18,20-23H2,1-3H3,(H,39,47)(H,40,43)(H,41,46)/t25-,28-,30+,31+,38-/m1/s1. The summed E-state index contributed by atoms with van der Waals surface area (Å²) in [6, 6.07) is 12.8. The van der Waals surface area contributed by atoms with Crippen LogP contribution in [0.15, 0.2) is 66.7 Å². The highest BCUT2D eigenvalue weighted by atomic mass is 32.2. The molecule has 0 unspecified atom stereocenters. The zero-order valence-electron chi connectivity index (χ0n) is 30.4. The number of amides is 4. The summed E-state index contributed by atoms with van der Waals surface area (Å²) < 4.78 is 50.6. The monoisotopic (exact) mass is 766 g/mol. The second-order valence-electron chi connectivity index (χ2n) is 15.0. The molecule has 4 aliphatic rings. The van der Waals surface area contributed by atoms with E-state index in [0.29, 0.717) is 37.2 Å². The second-order valence-corrected chi connectivity index (χ2v) is 17.0. The molecule has 2 heterocycles. The molecule has 54 heavy (non-hydrogen) atoms. The van der Waals surface area contributed by atoms with E-state index in [2.05, 4.69) is 15.4 Å². The van der Waals surface area contributed by atoms with Crippen LogP contribution in [0.4, 0.5) is 4.79 Å². The maximum Gasteiger partial charge on any atom is 0.408 e. The van der Waals surface area contributed by atoms with Gasteiger partial charge in [0, 0.05) is 18.9 Å². The summed E-state index contributed by atoms with van der Waals surface area (Å²) in [6.45, 7) is 4.78. The lowest BCUT2D eigenvalue weighted by Gasteiger charge is -2.30. The maximum atomic E-state index is 14.3. The van der Waals surface area contributed by atoms with Crippen molar-refractivity contribution in [1.82, 2.24) is 20.3 Å². The van der Waals surface area contributed by atoms with Gasteiger partial charge in [-0.05, 0) is 83.2 Å². The maximum absolute atomic E-state index is 14.3. The van der Waals surface area contributed by atoms with Gasteiger partial charge in [-0.3, -0.25) is 19.1 Å². The number of hydrogen-bond acceptors (Lipinski definition) is 11. The molecular weight excluding hydrogens is 721 g/mol. The second kappa shape index (κ2) is 15.8. The van der Waals surface area contributed by atoms with Gasteiger partial charge in [0.2, 0.25) is 21.8 Å². The molecule has 2 aliphatic heterocycles. The van der Waals surface area contributed by atoms with Crippen LogP contribution in [0, 0.1) is 5.92 Å². The van der Waals surface area contributed by atoms with E-state index in [1.54, 1.807) is 57.2 Å². The summed E-state index contributed by atoms with van der Waals surface area (Å²) >= 11 is 0. The fourth-order valence-electron chi connectivity index (χ4n) is 6.46. The number of benzene rings is 2. The fourth-order valence-corrected chi connectivity index (χ4v) is 7.83. The lowest BCUT2D eigenvalue weighted by atomic mass is 10.1. The van der Waals surface area contributed by atoms with Crippen molar-refractivity contribution >= 4 is 39.8 Å². The van der Waals surface area contributed by atoms with E-state index in [9.17, 15) is 32.4 Å². The Labute approximate surface area is 314 Å². The molecule has 15 nitrogen and oxygen atoms in total. The number of sulfonamides is 1. The molecule has 0 aromatic heterocycles. The number of allylic oxidation sites excluding steroid dienone is 1. The first-order valence-corrected chi connectivity index (χ1v) is 19.6. The first kappa shape index (κ1) is 38.8. The number of rotatable bonds is 8. The summed E-state index contributed by atoms with van der Waals surface area (Å²) in [7, 11) is -3.93. The molecule has 16 heteroatoms. The van der Waals surface area contributed by atoms with Crippen LogP contribution in [0.1, 0.15) is 69.7 Å². The number of hydrogen-bond donors (Lipinski definition) is 3. The third-order valence-electron chi connectivity index (χ3n) is 9.44. The molecule has 2 aromatic rings. The van der Waals surface area contributed by atoms with E-state index < -0.39 is 80.3 Å². The van der Waals surface area contributed by atoms with Gasteiger partial charge in [0.1, 0.15) is 40.8 Å². The van der Waals surface area contributed by atoms with Gasteiger partial charge in [-0.2, -0.15) is 0 Å². The molecule has 0 bridgehead atoms. The molecule has 0 spiro atoms. The number of carbonyl (C=O) groups is 5. The van der Waals surface area contributed by atoms with E-state index in [0.717, 1.165) is 0 Å². The number of esters is 1. The van der Waals surface area contributed by atoms with E-state index in [1.165, 1.54) is 11.0 Å². The third kappa shape index (κ3) is 9.58. The Morgan fingerprint density at radius 3 is 2.48 bits per heavy atom. The Morgan fingerprint density at radius 1 is 1.02 bits per heavy atom. The van der Waals surface area contributed by atoms with Gasteiger partial charge in [0.15, 0.2) is 0 Å². The van der Waals surface area contributed by atoms with Crippen LogP contribution in [0.2, 0.25) is 0 Å². The molecule has 2 saturated carbocycles. The highest BCUT2D eigenvalue weighted by Crippen LogP contribution is 2.46. The summed E-state index contributed by atoms with van der Waals surface area (Å²) in [4.78, 5) is 69.6. The van der Waals surface area contributed by atoms with Gasteiger partial charge in [0.25, 0.3) is 5.91 Å². The van der Waals surface area contributed by atoms with Crippen molar-refractivity contribution < 1.29 is 51.3 Å². The molecule has 4 amide bonds. The van der Waals surface area contributed by atoms with Gasteiger partial charge >= 0.3 is 12.1 Å². The molecule has 2 aliphatic carbocycles. The minimum absolute atomic E-state index is 0.140. The summed E-state index contributed by atoms with van der Waals surface area (Å²) in [6.07, 6.45) is 3.71. The van der Waals surface area contributed by atoms with Gasteiger partial charge in [-0.25, -0.2) is 18.0 Å². The lowest BCUT2D eigenvalue weighted by Crippen LogP contribution is -2.59. The van der Waals surface area contributed by atoms with Crippen molar-refractivity contribution in [2.45, 2.75) is 93.9 Å². The highest BCUT2D eigenvalue weighted by molar-refractivity contribution is 7.91. The summed E-state index contributed by atoms with van der Waals surface area (Å²) in [5.41, 5.74) is -2.29. The zero-order chi connectivity index (χ0) is 38.7. The van der Waals surface area contributed by atoms with Crippen LogP contribution in [-0.4, -0.2) is 97.4 Å². The van der Waals surface area contributed by atoms with Gasteiger partial charge < -0.3 is 34.5 Å². The number of alkyl carbamates (subject to hydrolysis) is 1. The first-order chi connectivity index (χ1) is 25.6. The van der Waals surface area contributed by atoms with E-state index in [4.69, 9.17) is 18.9 Å². The van der Waals surface area contributed by atoms with Gasteiger partial charge in [-0.1, -0.05) is 36.4 Å². The van der Waals surface area contributed by atoms with Crippen molar-refractivity contribution in [2.24, 2.45) is 5.92 Å². The molecule has 3 fully saturated rings. The molecule has 3 N–H and O–H groups in total. The Kier molecular flexibility index (Phi) is 11.3. The molecule has 2 aromatic carbocycles. The van der Waals surface area contributed by atoms with Crippen LogP contribution >= 0.6 is 0 Å². The molecule has 290 valence electrons. The Balaban J connectivity index is 1.25. The Bertz CT molecular complexity index is 1890. The van der Waals surface area contributed by atoms with Crippen molar-refractivity contribution in [2.75, 3.05) is 19.8 Å². The Hall–Kier alpha value is -4.96. The van der Waals surface area contributed by atoms with Crippen LogP contribution in [0.3, 0.4) is 0 Å². The van der Waals surface area contributed by atoms with Crippen molar-refractivity contribution in [3.63, 3.8) is 0 Å². The smallest absolute Gasteiger partial charge is 0.408 e. The number of para-hydroxylation sites is 1. The van der Waals surface area contributed by atoms with Gasteiger partial charge in [0.05, 0.1) is 24.0 Å². The molecule has 0 radical (unpaired) electrons. The average molecular weight is 767 g/mol. The minimum Gasteiger partial charge on any atom is -0.457 e. The van der Waals surface area contributed by atoms with E-state index >= 15 is 0 Å². The lowest BCUT2D eigenvalue weighted by molar-refractivity contribution is -0.142. The molecule has 5 atom stereocenters. The number of nitrogens with one attached hydrogen (secondary N) is 3. The zero-order valence-corrected chi connectivity index (χ0v) is 31.3. The first-order valence-electron chi connectivity index (χ1n) is 18.1. The number of ether oxygens (including phenoxy) is 4. The fraction of sp³-hybridized carbons (Fsp3) is 0.500. The van der Waals surface area contributed by atoms with Gasteiger partial charge in [-0.15, -0.1) is 0 Å². The molecule has 6 rings (SSSR count). The SMILES string of the molecule is CC(C)(C)OC(=O)N[C@H]1COCCCC=C[C@@H]2C[C@@]2(C(=O)NS(=O)(=O)C2CC2)NC(=O)[C@@H]2C[C@@H](OC(=O)c3cccc(Oc4ccccc4)c3)CN2C1=O. The van der Waals surface area contributed by atoms with Crippen molar-refractivity contribution in [1.29, 1.82) is 0 Å². The molecular formula is C38H46N4O11S. The van der Waals surface area contributed by atoms with Crippen LogP contribution in [-0.2, 0) is 38.6 Å². The average Bonchev–Trinajstić information content (AvgIpc) is 4.03. The third-order valence-corrected chi connectivity index (χ3v) is 11.3. The van der Waals surface area contributed by atoms with E-state index in [1.807, 2.05) is 24.3 Å². The highest BCUT2D eigenvalue weighted by Gasteiger charge is 2.62. The summed E-state index contributed by atoms with van der Waals surface area (Å²) in [5.74, 6) is -2.58. The number of fused-ring (bicyclic) bond motifs is 2. The number of carbonyl (C=O) groups excluding carboxylic acids is 5. The minimum atomic E-state index is -3.93. The van der Waals surface area contributed by atoms with E-state index in [-0.39, 0.29) is 38.2 Å². The van der Waals surface area contributed by atoms with Crippen molar-refractivity contribution in [3.8, 4) is 11.5 Å². The predicted molar refractivity (Wildman–Crippen MR) is 194 cm³/mol. The molecule has 1 saturated heterocycles. The quantitative estimate of drug-likeness (QED) is 0.263. The predicted octanol–water partition coefficient (Wildman–Crippen LogP) is 3.35. The van der Waals surface area contributed by atoms with Crippen LogP contribution < -0.4 is 20.1 Å². The topological polar surface area (TPSA) is 196 Å². The summed E-state index contributed by atoms with van der Waals surface area (Å²) in [5, 5.41) is 4.67. The van der Waals surface area contributed by atoms with Crippen molar-refractivity contribution in [3.05, 3.63) is 72.3 Å². The number of nitrogens with zero attached hydrogens (tertiary/aromatic N) is 1. The largest absolute Gasteiger partial charge is 0.457 e. The van der Waals surface area contributed by atoms with Crippen LogP contribution in [0.5, 0.6) is 11.5 Å². The Morgan fingerprint density at radius 2 is 1.76 bits per heavy atom. The normalized spacial score (nSPS) is 26.2. The van der Waals surface area contributed by atoms with Crippen LogP contribution in [0.25, 0.3) is 0 Å².